The van der Waals surface area contributed by atoms with Crippen LogP contribution >= 0.6 is 0 Å². The molecule has 0 saturated heterocycles. The van der Waals surface area contributed by atoms with Crippen LogP contribution in [0.5, 0.6) is 5.75 Å². The number of hydrogen-bond donors (Lipinski definition) is 3. The van der Waals surface area contributed by atoms with Gasteiger partial charge in [0.1, 0.15) is 11.6 Å². The number of fused-ring (bicyclic) bond motifs is 1. The fraction of sp³-hybridized carbons (Fsp3) is 0.333. The van der Waals surface area contributed by atoms with Crippen LogP contribution in [0.1, 0.15) is 43.4 Å². The Hall–Kier alpha value is -2.50. The summed E-state index contributed by atoms with van der Waals surface area (Å²) in [4.78, 5) is 24.2. The summed E-state index contributed by atoms with van der Waals surface area (Å²) < 4.78 is 1.68. The number of hydrogen-bond acceptors (Lipinski definition) is 3. The van der Waals surface area contributed by atoms with Crippen LogP contribution in [0, 0.1) is 0 Å². The molecule has 110 valence electrons. The quantitative estimate of drug-likeness (QED) is 0.788. The number of rotatable bonds is 2. The molecule has 1 atom stereocenters. The minimum Gasteiger partial charge on any atom is -0.508 e. The molecule has 6 nitrogen and oxygen atoms in total. The van der Waals surface area contributed by atoms with Crippen molar-refractivity contribution in [3.63, 3.8) is 0 Å². The van der Waals surface area contributed by atoms with E-state index >= 15 is 0 Å². The van der Waals surface area contributed by atoms with Gasteiger partial charge in [-0.05, 0) is 31.5 Å². The molecule has 1 aromatic carbocycles. The highest BCUT2D eigenvalue weighted by molar-refractivity contribution is 5.94. The molecule has 1 aliphatic heterocycles. The number of aromatic nitrogens is 2. The van der Waals surface area contributed by atoms with Gasteiger partial charge in [0.05, 0.1) is 5.56 Å². The first-order chi connectivity index (χ1) is 9.97. The van der Waals surface area contributed by atoms with E-state index < -0.39 is 0 Å². The maximum absolute atomic E-state index is 12.3. The van der Waals surface area contributed by atoms with E-state index in [-0.39, 0.29) is 35.6 Å². The largest absolute Gasteiger partial charge is 0.508 e. The molecule has 2 aromatic rings. The fourth-order valence-corrected chi connectivity index (χ4v) is 2.76. The van der Waals surface area contributed by atoms with E-state index in [1.54, 1.807) is 28.9 Å². The number of carbonyl (C=O) groups is 1. The zero-order chi connectivity index (χ0) is 15.1. The number of amides is 1. The standard InChI is InChI=1S/C15H17N3O3/c1-8(2)18-14-13(15(21)17-18)11(7-12(20)16-14)9-3-5-10(19)6-4-9/h3-6,8,11,19H,7H2,1-2H3,(H,16,20)(H,17,21)/t11-/m0/s1. The Balaban J connectivity index is 2.16. The summed E-state index contributed by atoms with van der Waals surface area (Å²) in [6.07, 6.45) is 0.225. The van der Waals surface area contributed by atoms with E-state index in [9.17, 15) is 14.7 Å². The molecule has 0 spiro atoms. The highest BCUT2D eigenvalue weighted by Crippen LogP contribution is 2.36. The van der Waals surface area contributed by atoms with Crippen molar-refractivity contribution in [3.8, 4) is 5.75 Å². The number of nitrogens with one attached hydrogen (secondary N) is 2. The highest BCUT2D eigenvalue weighted by Gasteiger charge is 2.32. The van der Waals surface area contributed by atoms with E-state index in [1.165, 1.54) is 0 Å². The van der Waals surface area contributed by atoms with Crippen LogP contribution in [-0.2, 0) is 4.79 Å². The number of phenolic OH excluding ortho intramolecular Hbond substituents is 1. The van der Waals surface area contributed by atoms with E-state index in [2.05, 4.69) is 10.4 Å². The van der Waals surface area contributed by atoms with Gasteiger partial charge < -0.3 is 10.4 Å². The number of phenols is 1. The molecule has 1 aliphatic rings. The van der Waals surface area contributed by atoms with Crippen LogP contribution in [0.2, 0.25) is 0 Å². The van der Waals surface area contributed by atoms with Gasteiger partial charge in [-0.15, -0.1) is 0 Å². The van der Waals surface area contributed by atoms with Gasteiger partial charge in [0, 0.05) is 18.4 Å². The number of H-pyrrole nitrogens is 1. The lowest BCUT2D eigenvalue weighted by Crippen LogP contribution is -2.27. The van der Waals surface area contributed by atoms with Crippen LogP contribution < -0.4 is 10.9 Å². The van der Waals surface area contributed by atoms with Gasteiger partial charge in [-0.2, -0.15) is 0 Å². The van der Waals surface area contributed by atoms with Crippen molar-refractivity contribution in [2.24, 2.45) is 0 Å². The van der Waals surface area contributed by atoms with E-state index in [4.69, 9.17) is 0 Å². The smallest absolute Gasteiger partial charge is 0.270 e. The van der Waals surface area contributed by atoms with Gasteiger partial charge in [-0.1, -0.05) is 12.1 Å². The molecule has 0 aliphatic carbocycles. The van der Waals surface area contributed by atoms with Crippen LogP contribution in [0.25, 0.3) is 0 Å². The van der Waals surface area contributed by atoms with Crippen molar-refractivity contribution in [2.75, 3.05) is 5.32 Å². The summed E-state index contributed by atoms with van der Waals surface area (Å²) in [5.74, 6) is 0.296. The summed E-state index contributed by atoms with van der Waals surface area (Å²) >= 11 is 0. The molecule has 0 saturated carbocycles. The summed E-state index contributed by atoms with van der Waals surface area (Å²) in [6, 6.07) is 6.66. The molecule has 0 radical (unpaired) electrons. The van der Waals surface area contributed by atoms with Gasteiger partial charge in [0.15, 0.2) is 0 Å². The normalized spacial score (nSPS) is 17.7. The molecule has 0 unspecified atom stereocenters. The number of nitrogens with zero attached hydrogens (tertiary/aromatic N) is 1. The third-order valence-electron chi connectivity index (χ3n) is 3.77. The number of benzene rings is 1. The molecule has 6 heteroatoms. The van der Waals surface area contributed by atoms with Gasteiger partial charge in [0.25, 0.3) is 5.56 Å². The molecule has 0 bridgehead atoms. The average molecular weight is 287 g/mol. The molecular formula is C15H17N3O3. The Kier molecular flexibility index (Phi) is 3.08. The van der Waals surface area contributed by atoms with Gasteiger partial charge in [-0.25, -0.2) is 0 Å². The SMILES string of the molecule is CC(C)n1[nH]c(=O)c2c1NC(=O)C[C@H]2c1ccc(O)cc1. The Morgan fingerprint density at radius 1 is 1.24 bits per heavy atom. The summed E-state index contributed by atoms with van der Waals surface area (Å²) in [6.45, 7) is 3.87. The Morgan fingerprint density at radius 3 is 2.52 bits per heavy atom. The maximum Gasteiger partial charge on any atom is 0.270 e. The zero-order valence-corrected chi connectivity index (χ0v) is 11.9. The Morgan fingerprint density at radius 2 is 1.90 bits per heavy atom. The first-order valence-electron chi connectivity index (χ1n) is 6.90. The van der Waals surface area contributed by atoms with E-state index in [0.29, 0.717) is 11.4 Å². The summed E-state index contributed by atoms with van der Waals surface area (Å²) in [7, 11) is 0. The second kappa shape index (κ2) is 4.80. The lowest BCUT2D eigenvalue weighted by atomic mass is 9.87. The van der Waals surface area contributed by atoms with Crippen molar-refractivity contribution in [1.29, 1.82) is 0 Å². The number of aromatic amines is 1. The fourth-order valence-electron chi connectivity index (χ4n) is 2.76. The Bertz CT molecular complexity index is 741. The molecule has 2 heterocycles. The first-order valence-corrected chi connectivity index (χ1v) is 6.90. The average Bonchev–Trinajstić information content (AvgIpc) is 2.76. The van der Waals surface area contributed by atoms with Crippen LogP contribution in [0.3, 0.4) is 0 Å². The summed E-state index contributed by atoms with van der Waals surface area (Å²) in [5, 5.41) is 15.0. The Labute approximate surface area is 121 Å². The second-order valence-corrected chi connectivity index (χ2v) is 5.56. The maximum atomic E-state index is 12.3. The second-order valence-electron chi connectivity index (χ2n) is 5.56. The molecule has 0 fully saturated rings. The van der Waals surface area contributed by atoms with Crippen molar-refractivity contribution >= 4 is 11.7 Å². The number of carbonyl (C=O) groups excluding carboxylic acids is 1. The number of aromatic hydroxyl groups is 1. The third kappa shape index (κ3) is 2.22. The number of anilines is 1. The third-order valence-corrected chi connectivity index (χ3v) is 3.77. The first kappa shape index (κ1) is 13.5. The minimum atomic E-state index is -0.293. The van der Waals surface area contributed by atoms with Crippen LogP contribution in [0.4, 0.5) is 5.82 Å². The van der Waals surface area contributed by atoms with Crippen molar-refractivity contribution in [2.45, 2.75) is 32.2 Å². The molecular weight excluding hydrogens is 270 g/mol. The minimum absolute atomic E-state index is 0.0420. The lowest BCUT2D eigenvalue weighted by Gasteiger charge is -2.24. The molecule has 3 N–H and O–H groups in total. The van der Waals surface area contributed by atoms with Crippen LogP contribution in [0.15, 0.2) is 29.1 Å². The van der Waals surface area contributed by atoms with E-state index in [0.717, 1.165) is 5.56 Å². The summed E-state index contributed by atoms with van der Waals surface area (Å²) in [5.41, 5.74) is 1.24. The zero-order valence-electron chi connectivity index (χ0n) is 11.9. The molecule has 1 aromatic heterocycles. The predicted molar refractivity (Wildman–Crippen MR) is 78.6 cm³/mol. The van der Waals surface area contributed by atoms with Gasteiger partial charge in [-0.3, -0.25) is 19.4 Å². The lowest BCUT2D eigenvalue weighted by molar-refractivity contribution is -0.116. The van der Waals surface area contributed by atoms with Crippen LogP contribution in [-0.4, -0.2) is 20.8 Å². The topological polar surface area (TPSA) is 87.1 Å². The van der Waals surface area contributed by atoms with Gasteiger partial charge in [0.2, 0.25) is 5.91 Å². The monoisotopic (exact) mass is 287 g/mol. The van der Waals surface area contributed by atoms with E-state index in [1.807, 2.05) is 13.8 Å². The molecule has 3 rings (SSSR count). The van der Waals surface area contributed by atoms with Crippen molar-refractivity contribution < 1.29 is 9.90 Å². The predicted octanol–water partition coefficient (Wildman–Crippen LogP) is 1.94. The van der Waals surface area contributed by atoms with Gasteiger partial charge >= 0.3 is 0 Å². The highest BCUT2D eigenvalue weighted by atomic mass is 16.3. The van der Waals surface area contributed by atoms with Crippen molar-refractivity contribution in [1.82, 2.24) is 9.78 Å². The van der Waals surface area contributed by atoms with Crippen molar-refractivity contribution in [3.05, 3.63) is 45.7 Å². The molecule has 1 amide bonds. The molecule has 21 heavy (non-hydrogen) atoms.